The van der Waals surface area contributed by atoms with Crippen LogP contribution in [0.5, 0.6) is 11.6 Å². The summed E-state index contributed by atoms with van der Waals surface area (Å²) in [6.07, 6.45) is 0.821. The quantitative estimate of drug-likeness (QED) is 0.264. The Hall–Kier alpha value is -3.05. The number of carboxylic acid groups (broad SMARTS) is 1. The van der Waals surface area contributed by atoms with E-state index < -0.39 is 34.6 Å². The number of carbonyl (C=O) groups is 1. The van der Waals surface area contributed by atoms with Crippen LogP contribution in [0.2, 0.25) is 0 Å². The highest BCUT2D eigenvalue weighted by Gasteiger charge is 2.41. The molecule has 1 aliphatic carbocycles. The molecule has 2 unspecified atom stereocenters. The molecule has 226 valence electrons. The highest BCUT2D eigenvalue weighted by molar-refractivity contribution is 7.99. The number of hydrogen-bond acceptors (Lipinski definition) is 6. The van der Waals surface area contributed by atoms with E-state index in [-0.39, 0.29) is 10.8 Å². The molecule has 11 heteroatoms. The van der Waals surface area contributed by atoms with Crippen molar-refractivity contribution in [3.05, 3.63) is 69.9 Å². The Balaban J connectivity index is 0.000000952. The second kappa shape index (κ2) is 13.5. The van der Waals surface area contributed by atoms with E-state index in [4.69, 9.17) is 19.4 Å². The molecule has 0 saturated carbocycles. The maximum atomic E-state index is 14.1. The normalized spacial score (nSPS) is 16.2. The Morgan fingerprint density at radius 2 is 1.88 bits per heavy atom. The van der Waals surface area contributed by atoms with Gasteiger partial charge in [-0.3, -0.25) is 9.00 Å². The molecule has 0 radical (unpaired) electrons. The Morgan fingerprint density at radius 3 is 2.52 bits per heavy atom. The predicted molar refractivity (Wildman–Crippen MR) is 159 cm³/mol. The molecular weight excluding hydrogens is 587 g/mol. The number of hydrogen-bond donors (Lipinski definition) is 1. The van der Waals surface area contributed by atoms with Gasteiger partial charge in [-0.1, -0.05) is 18.2 Å². The number of rotatable bonds is 8. The molecule has 2 atom stereocenters. The molecule has 0 spiro atoms. The number of aryl methyl sites for hydroxylation is 3. The smallest absolute Gasteiger partial charge is 0.422 e. The fraction of sp³-hybridized carbons (Fsp3) is 0.419. The summed E-state index contributed by atoms with van der Waals surface area (Å²) in [5.74, 6) is 0.857. The Bertz CT molecular complexity index is 1470. The Kier molecular flexibility index (Phi) is 10.2. The first-order valence-electron chi connectivity index (χ1n) is 13.6. The average Bonchev–Trinajstić information content (AvgIpc) is 3.52. The van der Waals surface area contributed by atoms with Crippen LogP contribution in [0.3, 0.4) is 0 Å². The van der Waals surface area contributed by atoms with Crippen molar-refractivity contribution in [2.75, 3.05) is 24.4 Å². The lowest BCUT2D eigenvalue weighted by Gasteiger charge is -2.20. The van der Waals surface area contributed by atoms with E-state index in [0.29, 0.717) is 42.9 Å². The molecule has 0 bridgehead atoms. The number of aromatic nitrogens is 1. The zero-order chi connectivity index (χ0) is 30.6. The molecule has 3 aromatic rings. The second-order valence-corrected chi connectivity index (χ2v) is 13.0. The van der Waals surface area contributed by atoms with Crippen LogP contribution in [-0.2, 0) is 34.6 Å². The summed E-state index contributed by atoms with van der Waals surface area (Å²) < 4.78 is 65.4. The Labute approximate surface area is 250 Å². The van der Waals surface area contributed by atoms with Crippen molar-refractivity contribution in [1.29, 1.82) is 0 Å². The molecule has 1 aliphatic heterocycles. The van der Waals surface area contributed by atoms with Crippen molar-refractivity contribution < 1.29 is 36.8 Å². The van der Waals surface area contributed by atoms with Crippen LogP contribution in [-0.4, -0.2) is 44.6 Å². The van der Waals surface area contributed by atoms with Gasteiger partial charge in [-0.2, -0.15) is 13.2 Å². The SMILES string of the molecule is CC(=O)O.Cc1cc(OCCCS(C)=O)cc(C)c1-c1cccc2c1CCC2Oc1ncc2c(c1C(F)(F)F)SCC2. The predicted octanol–water partition coefficient (Wildman–Crippen LogP) is 7.34. The average molecular weight is 622 g/mol. The summed E-state index contributed by atoms with van der Waals surface area (Å²) in [7, 11) is -0.834. The number of fused-ring (bicyclic) bond motifs is 2. The number of ether oxygens (including phenoxy) is 2. The van der Waals surface area contributed by atoms with Crippen LogP contribution in [0, 0.1) is 13.8 Å². The molecule has 0 saturated heterocycles. The molecule has 2 aliphatic rings. The summed E-state index contributed by atoms with van der Waals surface area (Å²) in [4.78, 5) is 13.4. The van der Waals surface area contributed by atoms with Gasteiger partial charge < -0.3 is 14.6 Å². The first kappa shape index (κ1) is 31.9. The van der Waals surface area contributed by atoms with E-state index in [2.05, 4.69) is 11.1 Å². The molecule has 1 aromatic heterocycles. The van der Waals surface area contributed by atoms with Crippen molar-refractivity contribution in [1.82, 2.24) is 4.98 Å². The summed E-state index contributed by atoms with van der Waals surface area (Å²) in [5, 5.41) is 7.42. The van der Waals surface area contributed by atoms with Crippen LogP contribution >= 0.6 is 11.8 Å². The van der Waals surface area contributed by atoms with E-state index >= 15 is 0 Å². The van der Waals surface area contributed by atoms with Gasteiger partial charge in [0.25, 0.3) is 5.97 Å². The molecule has 5 rings (SSSR count). The lowest BCUT2D eigenvalue weighted by molar-refractivity contribution is -0.142. The van der Waals surface area contributed by atoms with Crippen molar-refractivity contribution in [3.8, 4) is 22.8 Å². The number of carboxylic acids is 1. The van der Waals surface area contributed by atoms with Crippen LogP contribution in [0.25, 0.3) is 11.1 Å². The molecule has 42 heavy (non-hydrogen) atoms. The van der Waals surface area contributed by atoms with Crippen molar-refractivity contribution in [2.24, 2.45) is 0 Å². The van der Waals surface area contributed by atoms with Gasteiger partial charge in [0.15, 0.2) is 0 Å². The van der Waals surface area contributed by atoms with Crippen molar-refractivity contribution in [2.45, 2.75) is 63.6 Å². The van der Waals surface area contributed by atoms with Crippen LogP contribution in [0.4, 0.5) is 13.2 Å². The number of nitrogens with zero attached hydrogens (tertiary/aromatic N) is 1. The van der Waals surface area contributed by atoms with Gasteiger partial charge in [0.05, 0.1) is 6.61 Å². The summed E-state index contributed by atoms with van der Waals surface area (Å²) in [6, 6.07) is 9.98. The first-order valence-corrected chi connectivity index (χ1v) is 16.3. The molecular formula is C31H34F3NO5S2. The summed E-state index contributed by atoms with van der Waals surface area (Å²) >= 11 is 1.23. The number of halogens is 3. The number of benzene rings is 2. The third-order valence-corrected chi connectivity index (χ3v) is 9.09. The standard InChI is InChI=1S/C29H30F3NO3S2.C2H4O2/c1-17-14-20(35-11-5-13-38(3)34)15-18(2)25(17)23-7-4-6-22-21(23)8-9-24(22)36-28-26(29(30,31)32)27-19(16-33-28)10-12-37-27;1-2(3)4/h4,6-7,14-16,24H,5,8-13H2,1-3H3;1H3,(H,3,4). The van der Waals surface area contributed by atoms with Crippen LogP contribution < -0.4 is 9.47 Å². The largest absolute Gasteiger partial charge is 0.494 e. The monoisotopic (exact) mass is 621 g/mol. The fourth-order valence-electron chi connectivity index (χ4n) is 5.45. The van der Waals surface area contributed by atoms with Crippen LogP contribution in [0.1, 0.15) is 59.3 Å². The molecule has 2 heterocycles. The van der Waals surface area contributed by atoms with Gasteiger partial charge in [0.2, 0.25) is 5.88 Å². The highest BCUT2D eigenvalue weighted by atomic mass is 32.2. The minimum atomic E-state index is -4.53. The van der Waals surface area contributed by atoms with E-state index in [1.165, 1.54) is 18.0 Å². The zero-order valence-corrected chi connectivity index (χ0v) is 25.6. The summed E-state index contributed by atoms with van der Waals surface area (Å²) in [6.45, 7) is 5.67. The maximum absolute atomic E-state index is 14.1. The van der Waals surface area contributed by atoms with E-state index in [1.54, 1.807) is 6.26 Å². The first-order chi connectivity index (χ1) is 19.9. The van der Waals surface area contributed by atoms with Gasteiger partial charge in [0, 0.05) is 46.6 Å². The van der Waals surface area contributed by atoms with Crippen molar-refractivity contribution >= 4 is 28.5 Å². The lowest BCUT2D eigenvalue weighted by Crippen LogP contribution is -2.14. The molecule has 0 amide bonds. The molecule has 0 fully saturated rings. The second-order valence-electron chi connectivity index (χ2n) is 10.3. The number of pyridine rings is 1. The van der Waals surface area contributed by atoms with E-state index in [9.17, 15) is 17.4 Å². The maximum Gasteiger partial charge on any atom is 0.422 e. The topological polar surface area (TPSA) is 85.7 Å². The van der Waals surface area contributed by atoms with E-state index in [1.807, 2.05) is 38.1 Å². The van der Waals surface area contributed by atoms with Gasteiger partial charge in [-0.15, -0.1) is 11.8 Å². The van der Waals surface area contributed by atoms with Gasteiger partial charge in [0.1, 0.15) is 17.4 Å². The Morgan fingerprint density at radius 1 is 1.19 bits per heavy atom. The minimum absolute atomic E-state index is 0.256. The van der Waals surface area contributed by atoms with Gasteiger partial charge in [-0.25, -0.2) is 4.98 Å². The fourth-order valence-corrected chi connectivity index (χ4v) is 7.19. The highest BCUT2D eigenvalue weighted by Crippen LogP contribution is 2.48. The minimum Gasteiger partial charge on any atom is -0.494 e. The van der Waals surface area contributed by atoms with Gasteiger partial charge >= 0.3 is 6.18 Å². The van der Waals surface area contributed by atoms with E-state index in [0.717, 1.165) is 52.5 Å². The van der Waals surface area contributed by atoms with Crippen LogP contribution in [0.15, 0.2) is 41.4 Å². The van der Waals surface area contributed by atoms with Gasteiger partial charge in [-0.05, 0) is 90.6 Å². The number of thioether (sulfide) groups is 1. The lowest BCUT2D eigenvalue weighted by atomic mass is 9.90. The third-order valence-electron chi connectivity index (χ3n) is 7.06. The number of aliphatic carboxylic acids is 1. The molecule has 6 nitrogen and oxygen atoms in total. The number of alkyl halides is 3. The zero-order valence-electron chi connectivity index (χ0n) is 24.0. The molecule has 1 N–H and O–H groups in total. The molecule has 2 aromatic carbocycles. The van der Waals surface area contributed by atoms with Crippen molar-refractivity contribution in [3.63, 3.8) is 0 Å². The summed E-state index contributed by atoms with van der Waals surface area (Å²) in [5.41, 5.74) is 6.22. The third kappa shape index (κ3) is 7.47.